The van der Waals surface area contributed by atoms with Crippen LogP contribution < -0.4 is 5.73 Å². The summed E-state index contributed by atoms with van der Waals surface area (Å²) >= 11 is 0. The van der Waals surface area contributed by atoms with Crippen molar-refractivity contribution in [1.82, 2.24) is 0 Å². The first kappa shape index (κ1) is 7.86. The Labute approximate surface area is 67.5 Å². The smallest absolute Gasteiger partial charge is 0.0347 e. The standard InChI is InChI=1S/C10H12N/c1-2-6-10(11)9-7-4-3-5-8-9/h3-8H,1-2,11H2. The fraction of sp³-hybridized carbons (Fsp3) is 0.100. The Balaban J connectivity index is 2.85. The first-order valence-electron chi connectivity index (χ1n) is 3.65. The van der Waals surface area contributed by atoms with Gasteiger partial charge in [-0.3, -0.25) is 0 Å². The van der Waals surface area contributed by atoms with Gasteiger partial charge in [0.25, 0.3) is 0 Å². The molecule has 0 saturated carbocycles. The summed E-state index contributed by atoms with van der Waals surface area (Å²) in [5.41, 5.74) is 7.60. The van der Waals surface area contributed by atoms with Gasteiger partial charge >= 0.3 is 0 Å². The lowest BCUT2D eigenvalue weighted by atomic mass is 10.1. The molecule has 0 aromatic heterocycles. The molecule has 0 aliphatic carbocycles. The molecular formula is C10H12N. The zero-order valence-electron chi connectivity index (χ0n) is 6.46. The molecule has 0 aliphatic heterocycles. The van der Waals surface area contributed by atoms with Gasteiger partial charge in [0.05, 0.1) is 0 Å². The molecule has 1 radical (unpaired) electrons. The number of rotatable bonds is 2. The fourth-order valence-corrected chi connectivity index (χ4v) is 0.904. The molecule has 1 nitrogen and oxygen atoms in total. The van der Waals surface area contributed by atoms with Crippen LogP contribution in [0.4, 0.5) is 0 Å². The molecule has 1 rings (SSSR count). The number of nitrogens with two attached hydrogens (primary N) is 1. The molecule has 0 amide bonds. The van der Waals surface area contributed by atoms with E-state index in [1.54, 1.807) is 0 Å². The molecule has 1 heteroatoms. The van der Waals surface area contributed by atoms with Crippen LogP contribution in [0.1, 0.15) is 12.0 Å². The van der Waals surface area contributed by atoms with Gasteiger partial charge in [-0.05, 0) is 18.9 Å². The minimum absolute atomic E-state index is 0.737. The Hall–Kier alpha value is -1.24. The van der Waals surface area contributed by atoms with Crippen molar-refractivity contribution in [3.63, 3.8) is 0 Å². The highest BCUT2D eigenvalue weighted by Crippen LogP contribution is 2.07. The lowest BCUT2D eigenvalue weighted by Gasteiger charge is -1.98. The summed E-state index contributed by atoms with van der Waals surface area (Å²) in [6, 6.07) is 9.89. The number of hydrogen-bond donors (Lipinski definition) is 1. The number of allylic oxidation sites excluding steroid dienone is 1. The Morgan fingerprint density at radius 3 is 2.55 bits per heavy atom. The van der Waals surface area contributed by atoms with E-state index < -0.39 is 0 Å². The topological polar surface area (TPSA) is 26.0 Å². The third-order valence-corrected chi connectivity index (χ3v) is 1.47. The lowest BCUT2D eigenvalue weighted by Crippen LogP contribution is -1.94. The molecule has 0 unspecified atom stereocenters. The Morgan fingerprint density at radius 2 is 2.00 bits per heavy atom. The maximum Gasteiger partial charge on any atom is 0.0347 e. The second kappa shape index (κ2) is 3.81. The van der Waals surface area contributed by atoms with E-state index in [2.05, 4.69) is 6.92 Å². The van der Waals surface area contributed by atoms with Crippen molar-refractivity contribution in [2.24, 2.45) is 5.73 Å². The van der Waals surface area contributed by atoms with Gasteiger partial charge in [-0.2, -0.15) is 0 Å². The summed E-state index contributed by atoms with van der Waals surface area (Å²) in [6.07, 6.45) is 2.65. The first-order chi connectivity index (χ1) is 5.34. The zero-order chi connectivity index (χ0) is 8.10. The average Bonchev–Trinajstić information content (AvgIpc) is 2.07. The lowest BCUT2D eigenvalue weighted by molar-refractivity contribution is 1.37. The predicted molar refractivity (Wildman–Crippen MR) is 48.6 cm³/mol. The van der Waals surface area contributed by atoms with Gasteiger partial charge in [0.2, 0.25) is 0 Å². The largest absolute Gasteiger partial charge is 0.399 e. The summed E-state index contributed by atoms with van der Waals surface area (Å²) < 4.78 is 0. The van der Waals surface area contributed by atoms with E-state index in [0.717, 1.165) is 17.7 Å². The van der Waals surface area contributed by atoms with E-state index in [4.69, 9.17) is 5.73 Å². The van der Waals surface area contributed by atoms with Gasteiger partial charge in [-0.15, -0.1) is 0 Å². The van der Waals surface area contributed by atoms with Crippen molar-refractivity contribution in [3.8, 4) is 0 Å². The molecule has 1 aromatic rings. The minimum atomic E-state index is 0.737. The van der Waals surface area contributed by atoms with Crippen molar-refractivity contribution < 1.29 is 0 Å². The van der Waals surface area contributed by atoms with Gasteiger partial charge in [0, 0.05) is 5.70 Å². The zero-order valence-corrected chi connectivity index (χ0v) is 6.46. The Bertz CT molecular complexity index is 236. The first-order valence-corrected chi connectivity index (χ1v) is 3.65. The predicted octanol–water partition coefficient (Wildman–Crippen LogP) is 2.21. The van der Waals surface area contributed by atoms with Crippen LogP contribution in [-0.4, -0.2) is 0 Å². The molecule has 0 saturated heterocycles. The molecule has 0 heterocycles. The Kier molecular flexibility index (Phi) is 2.73. The number of benzene rings is 1. The van der Waals surface area contributed by atoms with Crippen LogP contribution in [0.2, 0.25) is 0 Å². The van der Waals surface area contributed by atoms with E-state index in [9.17, 15) is 0 Å². The molecule has 11 heavy (non-hydrogen) atoms. The van der Waals surface area contributed by atoms with Gasteiger partial charge in [0.1, 0.15) is 0 Å². The van der Waals surface area contributed by atoms with Crippen LogP contribution in [0.25, 0.3) is 5.70 Å². The summed E-state index contributed by atoms with van der Waals surface area (Å²) in [4.78, 5) is 0. The van der Waals surface area contributed by atoms with Gasteiger partial charge in [-0.1, -0.05) is 36.4 Å². The van der Waals surface area contributed by atoms with Crippen LogP contribution in [0.5, 0.6) is 0 Å². The summed E-state index contributed by atoms with van der Waals surface area (Å²) in [6.45, 7) is 3.69. The van der Waals surface area contributed by atoms with Crippen molar-refractivity contribution in [1.29, 1.82) is 0 Å². The average molecular weight is 146 g/mol. The molecule has 0 atom stereocenters. The SMILES string of the molecule is [CH2]CC=C(N)c1ccccc1. The van der Waals surface area contributed by atoms with Crippen LogP contribution in [0.3, 0.4) is 0 Å². The fourth-order valence-electron chi connectivity index (χ4n) is 0.904. The minimum Gasteiger partial charge on any atom is -0.399 e. The van der Waals surface area contributed by atoms with Crippen LogP contribution in [-0.2, 0) is 0 Å². The van der Waals surface area contributed by atoms with Crippen molar-refractivity contribution in [3.05, 3.63) is 48.9 Å². The molecule has 0 fully saturated rings. The van der Waals surface area contributed by atoms with Crippen molar-refractivity contribution in [2.45, 2.75) is 6.42 Å². The molecular weight excluding hydrogens is 134 g/mol. The van der Waals surface area contributed by atoms with E-state index in [1.165, 1.54) is 0 Å². The number of hydrogen-bond acceptors (Lipinski definition) is 1. The third kappa shape index (κ3) is 2.11. The van der Waals surface area contributed by atoms with Gasteiger partial charge < -0.3 is 5.73 Å². The van der Waals surface area contributed by atoms with Crippen LogP contribution in [0.15, 0.2) is 36.4 Å². The highest BCUT2D eigenvalue weighted by molar-refractivity contribution is 5.62. The quantitative estimate of drug-likeness (QED) is 0.680. The van der Waals surface area contributed by atoms with E-state index in [-0.39, 0.29) is 0 Å². The van der Waals surface area contributed by atoms with Gasteiger partial charge in [0.15, 0.2) is 0 Å². The monoisotopic (exact) mass is 146 g/mol. The second-order valence-electron chi connectivity index (χ2n) is 2.31. The molecule has 57 valence electrons. The molecule has 1 aromatic carbocycles. The van der Waals surface area contributed by atoms with E-state index in [0.29, 0.717) is 0 Å². The summed E-state index contributed by atoms with van der Waals surface area (Å²) in [5.74, 6) is 0. The van der Waals surface area contributed by atoms with Crippen molar-refractivity contribution in [2.75, 3.05) is 0 Å². The van der Waals surface area contributed by atoms with Crippen molar-refractivity contribution >= 4 is 5.70 Å². The maximum absolute atomic E-state index is 5.73. The molecule has 0 bridgehead atoms. The van der Waals surface area contributed by atoms with E-state index in [1.807, 2.05) is 36.4 Å². The highest BCUT2D eigenvalue weighted by atomic mass is 14.6. The molecule has 0 spiro atoms. The summed E-state index contributed by atoms with van der Waals surface area (Å²) in [5, 5.41) is 0. The Morgan fingerprint density at radius 1 is 1.36 bits per heavy atom. The van der Waals surface area contributed by atoms with E-state index >= 15 is 0 Å². The normalized spacial score (nSPS) is 11.5. The third-order valence-electron chi connectivity index (χ3n) is 1.47. The van der Waals surface area contributed by atoms with Gasteiger partial charge in [-0.25, -0.2) is 0 Å². The molecule has 2 N–H and O–H groups in total. The highest BCUT2D eigenvalue weighted by Gasteiger charge is 1.90. The maximum atomic E-state index is 5.73. The summed E-state index contributed by atoms with van der Waals surface area (Å²) in [7, 11) is 0. The second-order valence-corrected chi connectivity index (χ2v) is 2.31. The van der Waals surface area contributed by atoms with Crippen LogP contribution >= 0.6 is 0 Å². The molecule has 0 aliphatic rings. The van der Waals surface area contributed by atoms with Crippen LogP contribution in [0, 0.1) is 6.92 Å².